The minimum Gasteiger partial charge on any atom is -0.490 e. The summed E-state index contributed by atoms with van der Waals surface area (Å²) >= 11 is 0. The third-order valence-electron chi connectivity index (χ3n) is 4.49. The van der Waals surface area contributed by atoms with Gasteiger partial charge < -0.3 is 20.5 Å². The number of ether oxygens (including phenoxy) is 2. The Bertz CT molecular complexity index is 1030. The standard InChI is InChI=1S/C21H24N6O2.HI/c1-14-10-15(2)27(26-14)20-7-4-16(12-23-20)13-24-21(22)25-17-5-6-18-19(11-17)29-9-3-8-28-18;/h4-7,10-12H,3,8-9,13H2,1-2H3,(H3,22,24,25);1H. The van der Waals surface area contributed by atoms with Crippen LogP contribution in [0, 0.1) is 13.8 Å². The molecule has 2 aromatic heterocycles. The van der Waals surface area contributed by atoms with Crippen molar-refractivity contribution in [1.82, 2.24) is 14.8 Å². The molecule has 1 aromatic carbocycles. The third-order valence-corrected chi connectivity index (χ3v) is 4.49. The first-order valence-corrected chi connectivity index (χ1v) is 9.54. The van der Waals surface area contributed by atoms with Crippen molar-refractivity contribution in [2.45, 2.75) is 26.8 Å². The molecule has 0 bridgehead atoms. The highest BCUT2D eigenvalue weighted by Gasteiger charge is 2.11. The van der Waals surface area contributed by atoms with Crippen molar-refractivity contribution in [3.63, 3.8) is 0 Å². The largest absolute Gasteiger partial charge is 0.490 e. The van der Waals surface area contributed by atoms with E-state index in [1.807, 2.05) is 54.9 Å². The van der Waals surface area contributed by atoms with Crippen molar-refractivity contribution in [1.29, 1.82) is 0 Å². The fraction of sp³-hybridized carbons (Fsp3) is 0.286. The van der Waals surface area contributed by atoms with Crippen LogP contribution < -0.4 is 20.5 Å². The summed E-state index contributed by atoms with van der Waals surface area (Å²) in [6, 6.07) is 11.6. The van der Waals surface area contributed by atoms with Gasteiger partial charge in [0.25, 0.3) is 0 Å². The lowest BCUT2D eigenvalue weighted by molar-refractivity contribution is 0.297. The third kappa shape index (κ3) is 5.21. The molecule has 0 spiro atoms. The van der Waals surface area contributed by atoms with Crippen LogP contribution >= 0.6 is 24.0 Å². The number of aliphatic imine (C=N–C) groups is 1. The van der Waals surface area contributed by atoms with Gasteiger partial charge in [-0.15, -0.1) is 24.0 Å². The fourth-order valence-corrected chi connectivity index (χ4v) is 3.10. The Morgan fingerprint density at radius 1 is 1.13 bits per heavy atom. The van der Waals surface area contributed by atoms with Crippen molar-refractivity contribution in [2.75, 3.05) is 18.5 Å². The lowest BCUT2D eigenvalue weighted by Gasteiger charge is -2.10. The summed E-state index contributed by atoms with van der Waals surface area (Å²) in [4.78, 5) is 8.87. The number of aromatic nitrogens is 3. The molecule has 0 atom stereocenters. The Balaban J connectivity index is 0.00000256. The number of guanidine groups is 1. The number of hydrogen-bond donors (Lipinski definition) is 2. The van der Waals surface area contributed by atoms with Crippen molar-refractivity contribution in [3.8, 4) is 17.3 Å². The molecule has 0 radical (unpaired) electrons. The molecule has 0 amide bonds. The molecule has 1 aliphatic rings. The number of rotatable bonds is 4. The average Bonchev–Trinajstić information content (AvgIpc) is 2.90. The van der Waals surface area contributed by atoms with E-state index in [-0.39, 0.29) is 24.0 Å². The van der Waals surface area contributed by atoms with Crippen LogP contribution in [0.3, 0.4) is 0 Å². The number of fused-ring (bicyclic) bond motifs is 1. The molecule has 8 nitrogen and oxygen atoms in total. The highest BCUT2D eigenvalue weighted by molar-refractivity contribution is 14.0. The lowest BCUT2D eigenvalue weighted by atomic mass is 10.2. The summed E-state index contributed by atoms with van der Waals surface area (Å²) < 4.78 is 13.2. The lowest BCUT2D eigenvalue weighted by Crippen LogP contribution is -2.22. The molecule has 0 unspecified atom stereocenters. The topological polar surface area (TPSA) is 99.6 Å². The number of nitrogens with zero attached hydrogens (tertiary/aromatic N) is 4. The first-order chi connectivity index (χ1) is 14.1. The van der Waals surface area contributed by atoms with Crippen molar-refractivity contribution in [3.05, 3.63) is 59.5 Å². The maximum absolute atomic E-state index is 6.04. The molecule has 0 saturated carbocycles. The van der Waals surface area contributed by atoms with Gasteiger partial charge in [0.2, 0.25) is 0 Å². The Morgan fingerprint density at radius 2 is 1.93 bits per heavy atom. The van der Waals surface area contributed by atoms with E-state index in [9.17, 15) is 0 Å². The molecule has 9 heteroatoms. The molecule has 1 aliphatic heterocycles. The first-order valence-electron chi connectivity index (χ1n) is 9.54. The molecular formula is C21H25IN6O2. The second kappa shape index (κ2) is 9.79. The van der Waals surface area contributed by atoms with Crippen LogP contribution in [0.1, 0.15) is 23.4 Å². The van der Waals surface area contributed by atoms with E-state index >= 15 is 0 Å². The number of pyridine rings is 1. The molecule has 0 saturated heterocycles. The molecule has 158 valence electrons. The van der Waals surface area contributed by atoms with E-state index in [4.69, 9.17) is 15.2 Å². The predicted octanol–water partition coefficient (Wildman–Crippen LogP) is 3.59. The van der Waals surface area contributed by atoms with Crippen molar-refractivity contribution < 1.29 is 9.47 Å². The van der Waals surface area contributed by atoms with E-state index in [0.717, 1.165) is 40.6 Å². The van der Waals surface area contributed by atoms with E-state index in [2.05, 4.69) is 20.4 Å². The van der Waals surface area contributed by atoms with Gasteiger partial charge in [-0.1, -0.05) is 6.07 Å². The van der Waals surface area contributed by atoms with Crippen LogP contribution in [-0.2, 0) is 6.54 Å². The van der Waals surface area contributed by atoms with E-state index in [1.54, 1.807) is 6.20 Å². The zero-order valence-electron chi connectivity index (χ0n) is 17.0. The van der Waals surface area contributed by atoms with Crippen LogP contribution in [0.5, 0.6) is 11.5 Å². The van der Waals surface area contributed by atoms with E-state index < -0.39 is 0 Å². The molecule has 3 N–H and O–H groups in total. The van der Waals surface area contributed by atoms with Gasteiger partial charge in [-0.2, -0.15) is 5.10 Å². The molecular weight excluding hydrogens is 495 g/mol. The van der Waals surface area contributed by atoms with Gasteiger partial charge in [-0.3, -0.25) is 0 Å². The molecule has 30 heavy (non-hydrogen) atoms. The average molecular weight is 520 g/mol. The predicted molar refractivity (Wildman–Crippen MR) is 127 cm³/mol. The smallest absolute Gasteiger partial charge is 0.193 e. The van der Waals surface area contributed by atoms with Crippen LogP contribution in [0.15, 0.2) is 47.6 Å². The molecule has 4 rings (SSSR count). The van der Waals surface area contributed by atoms with Crippen molar-refractivity contribution in [2.24, 2.45) is 10.7 Å². The zero-order valence-corrected chi connectivity index (χ0v) is 19.3. The maximum Gasteiger partial charge on any atom is 0.193 e. The number of aryl methyl sites for hydroxylation is 2. The monoisotopic (exact) mass is 520 g/mol. The minimum absolute atomic E-state index is 0. The summed E-state index contributed by atoms with van der Waals surface area (Å²) in [7, 11) is 0. The van der Waals surface area contributed by atoms with Crippen LogP contribution in [0.25, 0.3) is 5.82 Å². The summed E-state index contributed by atoms with van der Waals surface area (Å²) in [5.41, 5.74) is 9.80. The van der Waals surface area contributed by atoms with Crippen LogP contribution in [-0.4, -0.2) is 33.9 Å². The Labute approximate surface area is 192 Å². The van der Waals surface area contributed by atoms with E-state index in [1.165, 1.54) is 0 Å². The zero-order chi connectivity index (χ0) is 20.2. The maximum atomic E-state index is 6.04. The van der Waals surface area contributed by atoms with Gasteiger partial charge in [-0.25, -0.2) is 14.7 Å². The quantitative estimate of drug-likeness (QED) is 0.310. The van der Waals surface area contributed by atoms with Gasteiger partial charge in [0.15, 0.2) is 23.3 Å². The van der Waals surface area contributed by atoms with Crippen molar-refractivity contribution >= 4 is 35.6 Å². The normalized spacial score (nSPS) is 13.3. The van der Waals surface area contributed by atoms with E-state index in [0.29, 0.717) is 31.5 Å². The number of halogens is 1. The number of benzene rings is 1. The molecule has 3 aromatic rings. The number of nitrogens with two attached hydrogens (primary N) is 1. The highest BCUT2D eigenvalue weighted by atomic mass is 127. The van der Waals surface area contributed by atoms with Gasteiger partial charge in [0.05, 0.1) is 25.5 Å². The Morgan fingerprint density at radius 3 is 2.63 bits per heavy atom. The Hall–Kier alpha value is -2.82. The van der Waals surface area contributed by atoms with Gasteiger partial charge in [0.1, 0.15) is 0 Å². The van der Waals surface area contributed by atoms with Gasteiger partial charge in [0, 0.05) is 30.1 Å². The summed E-state index contributed by atoms with van der Waals surface area (Å²) in [5, 5.41) is 7.53. The first kappa shape index (κ1) is 21.9. The minimum atomic E-state index is 0. The van der Waals surface area contributed by atoms with Crippen LogP contribution in [0.4, 0.5) is 5.69 Å². The number of nitrogens with one attached hydrogen (secondary N) is 1. The van der Waals surface area contributed by atoms with Crippen LogP contribution in [0.2, 0.25) is 0 Å². The second-order valence-electron chi connectivity index (χ2n) is 6.90. The summed E-state index contributed by atoms with van der Waals surface area (Å²) in [6.45, 7) is 5.70. The molecule has 0 fully saturated rings. The summed E-state index contributed by atoms with van der Waals surface area (Å²) in [6.07, 6.45) is 2.66. The number of anilines is 1. The SMILES string of the molecule is Cc1cc(C)n(-c2ccc(CN=C(N)Nc3ccc4c(c3)OCCCO4)cn2)n1.I. The highest BCUT2D eigenvalue weighted by Crippen LogP contribution is 2.32. The fourth-order valence-electron chi connectivity index (χ4n) is 3.10. The second-order valence-corrected chi connectivity index (χ2v) is 6.90. The molecule has 3 heterocycles. The Kier molecular flexibility index (Phi) is 7.14. The van der Waals surface area contributed by atoms with Gasteiger partial charge in [-0.05, 0) is 43.7 Å². The molecule has 0 aliphatic carbocycles. The van der Waals surface area contributed by atoms with Gasteiger partial charge >= 0.3 is 0 Å². The number of hydrogen-bond acceptors (Lipinski definition) is 5. The summed E-state index contributed by atoms with van der Waals surface area (Å²) in [5.74, 6) is 2.56.